The van der Waals surface area contributed by atoms with E-state index in [0.29, 0.717) is 67.1 Å². The van der Waals surface area contributed by atoms with Crippen molar-refractivity contribution >= 4 is 138 Å². The molecule has 0 spiro atoms. The largest absolute Gasteiger partial charge is 0.457 e. The Hall–Kier alpha value is -13.9. The number of allylic oxidation sites excluding steroid dienone is 1. The number of ketones is 1. The van der Waals surface area contributed by atoms with E-state index in [-0.39, 0.29) is 147 Å². The zero-order chi connectivity index (χ0) is 82.3. The maximum absolute atomic E-state index is 16.9. The molecule has 117 heavy (non-hydrogen) atoms. The SMILES string of the molecule is C=C(C)C(=O)Cc1cccc(NC(=O)C(Cc2ccncc2)n2c(=O)c3cc(Oc4ccc(C(C)C)cc4)c4c5c(Oc6ccc(C(C)(C)C)cc6)cc6c(=O)n(C(Cc7ccncc7)C(=O)Nc7cccc(NC(=O)C(=C)C)c7)c(=O)c7cc8oc9ccc(C(C)C)cc9c9cc(C(C)C)ccc9oc9cc(c2=O)c3c4c9c8c5c67)c1. The molecule has 0 saturated heterocycles. The number of hydrogen-bond acceptors (Lipinski definition) is 14. The number of carbonyl (C=O) groups is 4. The minimum absolute atomic E-state index is 0.00415. The number of nitrogens with one attached hydrogen (secondary N) is 3. The van der Waals surface area contributed by atoms with Gasteiger partial charge in [0.2, 0.25) is 11.8 Å². The Balaban J connectivity index is 1.10. The fourth-order valence-electron chi connectivity index (χ4n) is 15.8. The van der Waals surface area contributed by atoms with Gasteiger partial charge in [0, 0.05) is 121 Å². The van der Waals surface area contributed by atoms with Crippen molar-refractivity contribution in [2.75, 3.05) is 16.0 Å². The number of ether oxygens (including phenoxy) is 2. The predicted molar refractivity (Wildman–Crippen MR) is 466 cm³/mol. The maximum Gasteiger partial charge on any atom is 0.262 e. The van der Waals surface area contributed by atoms with E-state index < -0.39 is 52.0 Å². The molecule has 2 unspecified atom stereocenters. The molecule has 19 nitrogen and oxygen atoms in total. The number of hydrogen-bond donors (Lipinski definition) is 3. The molecular formula is C98H85N7O12. The summed E-state index contributed by atoms with van der Waals surface area (Å²) in [5.41, 5.74) is 4.17. The van der Waals surface area contributed by atoms with Gasteiger partial charge in [-0.2, -0.15) is 0 Å². The molecule has 3 N–H and O–H groups in total. The van der Waals surface area contributed by atoms with Crippen LogP contribution in [0.1, 0.15) is 145 Å². The van der Waals surface area contributed by atoms with Crippen LogP contribution in [0.4, 0.5) is 17.1 Å². The number of amides is 3. The van der Waals surface area contributed by atoms with Gasteiger partial charge in [0.05, 0.1) is 21.5 Å². The fourth-order valence-corrected chi connectivity index (χ4v) is 15.8. The summed E-state index contributed by atoms with van der Waals surface area (Å²) < 4.78 is 32.2. The molecule has 0 aliphatic heterocycles. The van der Waals surface area contributed by atoms with Gasteiger partial charge in [0.25, 0.3) is 28.1 Å². The average Bonchev–Trinajstić information content (AvgIpc) is 0.668. The third kappa shape index (κ3) is 14.4. The summed E-state index contributed by atoms with van der Waals surface area (Å²) in [6.45, 7) is 29.6. The van der Waals surface area contributed by atoms with E-state index in [1.807, 2.05) is 72.8 Å². The van der Waals surface area contributed by atoms with Crippen molar-refractivity contribution in [3.8, 4) is 23.0 Å². The van der Waals surface area contributed by atoms with Gasteiger partial charge in [-0.3, -0.25) is 57.5 Å². The fraction of sp³-hybridized carbons (Fsp3) is 0.204. The number of Topliss-reactive ketones (excluding diaryl/α,β-unsaturated/α-hetero) is 1. The monoisotopic (exact) mass is 1550 g/mol. The predicted octanol–water partition coefficient (Wildman–Crippen LogP) is 20.8. The first-order valence-electron chi connectivity index (χ1n) is 39.1. The summed E-state index contributed by atoms with van der Waals surface area (Å²) in [6, 6.07) is 50.2. The van der Waals surface area contributed by atoms with Crippen LogP contribution in [-0.2, 0) is 43.9 Å². The molecule has 16 aromatic rings. The van der Waals surface area contributed by atoms with E-state index in [9.17, 15) is 9.59 Å². The number of benzene rings is 11. The van der Waals surface area contributed by atoms with Gasteiger partial charge < -0.3 is 34.3 Å². The third-order valence-corrected chi connectivity index (χ3v) is 22.2. The molecule has 19 heteroatoms. The van der Waals surface area contributed by atoms with E-state index in [2.05, 4.69) is 114 Å². The third-order valence-electron chi connectivity index (χ3n) is 22.2. The molecule has 0 bridgehead atoms. The van der Waals surface area contributed by atoms with Crippen LogP contribution in [0.2, 0.25) is 0 Å². The quantitative estimate of drug-likeness (QED) is 0.0324. The van der Waals surface area contributed by atoms with Gasteiger partial charge in [0.15, 0.2) is 5.78 Å². The number of anilines is 3. The molecule has 0 radical (unpaired) electrons. The molecule has 11 aromatic carbocycles. The molecule has 0 fully saturated rings. The van der Waals surface area contributed by atoms with Crippen LogP contribution in [0, 0.1) is 0 Å². The van der Waals surface area contributed by atoms with Crippen LogP contribution in [0.25, 0.3) is 97.7 Å². The minimum Gasteiger partial charge on any atom is -0.457 e. The number of pyridine rings is 4. The zero-order valence-corrected chi connectivity index (χ0v) is 66.7. The smallest absolute Gasteiger partial charge is 0.262 e. The van der Waals surface area contributed by atoms with Gasteiger partial charge in [0.1, 0.15) is 57.4 Å². The first-order valence-corrected chi connectivity index (χ1v) is 39.1. The summed E-state index contributed by atoms with van der Waals surface area (Å²) in [4.78, 5) is 133. The van der Waals surface area contributed by atoms with Crippen molar-refractivity contribution in [2.45, 2.75) is 131 Å². The second kappa shape index (κ2) is 30.4. The van der Waals surface area contributed by atoms with Crippen molar-refractivity contribution in [3.05, 3.63) is 311 Å². The Kier molecular flexibility index (Phi) is 20.0. The first kappa shape index (κ1) is 77.0. The van der Waals surface area contributed by atoms with Crippen molar-refractivity contribution < 1.29 is 37.5 Å². The van der Waals surface area contributed by atoms with Crippen LogP contribution in [-0.4, -0.2) is 42.6 Å². The number of carbonyl (C=O) groups excluding carboxylic acids is 4. The van der Waals surface area contributed by atoms with E-state index in [1.165, 1.54) is 0 Å². The number of nitrogens with zero attached hydrogens (tertiary/aromatic N) is 4. The highest BCUT2D eigenvalue weighted by Crippen LogP contribution is 2.54. The molecule has 0 saturated carbocycles. The summed E-state index contributed by atoms with van der Waals surface area (Å²) in [7, 11) is 0. The molecule has 584 valence electrons. The lowest BCUT2D eigenvalue weighted by Crippen LogP contribution is -2.42. The Labute approximate surface area is 672 Å². The lowest BCUT2D eigenvalue weighted by molar-refractivity contribution is -0.120. The molecule has 16 rings (SSSR count). The Morgan fingerprint density at radius 2 is 0.812 bits per heavy atom. The topological polar surface area (TPSA) is 253 Å². The van der Waals surface area contributed by atoms with Gasteiger partial charge in [-0.1, -0.05) is 130 Å². The van der Waals surface area contributed by atoms with Gasteiger partial charge in [-0.05, 0) is 209 Å². The highest BCUT2D eigenvalue weighted by atomic mass is 16.5. The maximum atomic E-state index is 16.9. The molecule has 0 aliphatic carbocycles. The van der Waals surface area contributed by atoms with Crippen LogP contribution in [0.5, 0.6) is 23.0 Å². The van der Waals surface area contributed by atoms with Crippen molar-refractivity contribution in [1.82, 2.24) is 19.1 Å². The lowest BCUT2D eigenvalue weighted by Gasteiger charge is -2.25. The number of rotatable bonds is 22. The molecule has 2 atom stereocenters. The molecule has 5 heterocycles. The second-order valence-electron chi connectivity index (χ2n) is 32.4. The van der Waals surface area contributed by atoms with Crippen LogP contribution < -0.4 is 47.7 Å². The Morgan fingerprint density at radius 3 is 1.23 bits per heavy atom. The molecule has 3 amide bonds. The first-order chi connectivity index (χ1) is 56.0. The summed E-state index contributed by atoms with van der Waals surface area (Å²) >= 11 is 0. The number of fused-ring (bicyclic) bond motifs is 4. The highest BCUT2D eigenvalue weighted by molar-refractivity contribution is 6.46. The highest BCUT2D eigenvalue weighted by Gasteiger charge is 2.36. The van der Waals surface area contributed by atoms with Crippen molar-refractivity contribution in [2.24, 2.45) is 0 Å². The second-order valence-corrected chi connectivity index (χ2v) is 32.4. The van der Waals surface area contributed by atoms with Crippen molar-refractivity contribution in [1.29, 1.82) is 0 Å². The van der Waals surface area contributed by atoms with Gasteiger partial charge in [-0.15, -0.1) is 0 Å². The zero-order valence-electron chi connectivity index (χ0n) is 66.7. The van der Waals surface area contributed by atoms with Crippen LogP contribution in [0.15, 0.2) is 259 Å². The van der Waals surface area contributed by atoms with Gasteiger partial charge in [-0.25, -0.2) is 0 Å². The summed E-state index contributed by atoms with van der Waals surface area (Å²) in [5, 5.41) is 11.6. The van der Waals surface area contributed by atoms with Crippen LogP contribution in [0.3, 0.4) is 0 Å². The standard InChI is InChI=1S/C98H85N7O12/c1-51(2)59-20-26-66(27-21-59)114-79-47-70-83-72(96(112)104(94(70)110)74(41-56-32-36-99-37-33-56)92(108)102-63-17-14-16-58(40-63)43-76(106)54(7)8)49-81-87-88-82(117-78-31-23-61(53(5)6)45-69(78)68-44-60(52(3)4)22-30-77(68)116-81)50-73-84-71(48-80(86(90(84)88)85(79)89(83)87)115-67-28-24-62(25-29-67)98(11,12)13)95(111)105(97(73)113)75(42-57-34-38-100-39-35-57)93(109)103-65-19-15-18-64(46-65)101-91(107)55(9)10/h14-40,44-53,74-75H,7,9,41-43H2,1-6,8,10-13H3,(H,101,107)(H,102,108)(H,103,109). The van der Waals surface area contributed by atoms with Crippen LogP contribution >= 0.6 is 0 Å². The van der Waals surface area contributed by atoms with Crippen molar-refractivity contribution in [3.63, 3.8) is 0 Å². The molecular weight excluding hydrogens is 1470 g/mol. The Bertz CT molecular complexity index is 7070. The van der Waals surface area contributed by atoms with E-state index in [0.717, 1.165) is 31.4 Å². The van der Waals surface area contributed by atoms with E-state index in [4.69, 9.17) is 18.3 Å². The summed E-state index contributed by atoms with van der Waals surface area (Å²) in [5.74, 6) is -1.24. The molecule has 5 aromatic heterocycles. The Morgan fingerprint density at radius 1 is 0.410 bits per heavy atom. The average molecular weight is 1550 g/mol. The minimum atomic E-state index is -1.58. The van der Waals surface area contributed by atoms with E-state index in [1.54, 1.807) is 136 Å². The number of aromatic nitrogens is 4. The lowest BCUT2D eigenvalue weighted by atomic mass is 9.84. The van der Waals surface area contributed by atoms with E-state index >= 15 is 28.8 Å². The molecule has 0 aliphatic rings. The normalized spacial score (nSPS) is 12.5. The van der Waals surface area contributed by atoms with Gasteiger partial charge >= 0.3 is 0 Å². The summed E-state index contributed by atoms with van der Waals surface area (Å²) in [6.07, 6.45) is 5.87.